The van der Waals surface area contributed by atoms with Crippen LogP contribution in [0.3, 0.4) is 0 Å². The Hall–Kier alpha value is -2.09. The fourth-order valence-corrected chi connectivity index (χ4v) is 3.48. The number of amides is 1. The average Bonchev–Trinajstić information content (AvgIpc) is 2.65. The van der Waals surface area contributed by atoms with Crippen molar-refractivity contribution in [2.45, 2.75) is 12.2 Å². The van der Waals surface area contributed by atoms with Crippen molar-refractivity contribution in [2.24, 2.45) is 0 Å². The Morgan fingerprint density at radius 1 is 1.07 bits per heavy atom. The van der Waals surface area contributed by atoms with Gasteiger partial charge in [0.25, 0.3) is 0 Å². The molecule has 1 atom stereocenters. The lowest BCUT2D eigenvalue weighted by Gasteiger charge is -2.37. The molecular weight excluding hydrogens is 391 g/mol. The third-order valence-corrected chi connectivity index (χ3v) is 5.05. The highest BCUT2D eigenvalue weighted by Gasteiger charge is 2.36. The molecule has 0 spiro atoms. The van der Waals surface area contributed by atoms with Crippen LogP contribution in [0.15, 0.2) is 48.5 Å². The number of carbonyl (C=O) groups excluding carboxylic acids is 1. The Morgan fingerprint density at radius 3 is 2.32 bits per heavy atom. The summed E-state index contributed by atoms with van der Waals surface area (Å²) in [5, 5.41) is 2.44. The van der Waals surface area contributed by atoms with Crippen LogP contribution in [0, 0.1) is 0 Å². The molecule has 28 heavy (non-hydrogen) atoms. The van der Waals surface area contributed by atoms with Gasteiger partial charge in [0, 0.05) is 31.2 Å². The summed E-state index contributed by atoms with van der Waals surface area (Å²) < 4.78 is 40.1. The van der Waals surface area contributed by atoms with Crippen molar-refractivity contribution in [2.75, 3.05) is 38.5 Å². The Bertz CT molecular complexity index is 821. The van der Waals surface area contributed by atoms with E-state index in [0.717, 1.165) is 24.7 Å². The maximum atomic E-state index is 13.4. The van der Waals surface area contributed by atoms with Crippen molar-refractivity contribution in [3.8, 4) is 0 Å². The Balaban J connectivity index is 1.91. The van der Waals surface area contributed by atoms with E-state index in [1.807, 2.05) is 42.3 Å². The van der Waals surface area contributed by atoms with Gasteiger partial charge in [0.15, 0.2) is 0 Å². The lowest BCUT2D eigenvalue weighted by molar-refractivity contribution is -0.137. The third-order valence-electron chi connectivity index (χ3n) is 4.81. The quantitative estimate of drug-likeness (QED) is 0.815. The molecule has 1 N–H and O–H groups in total. The van der Waals surface area contributed by atoms with E-state index in [0.29, 0.717) is 13.1 Å². The zero-order valence-corrected chi connectivity index (χ0v) is 16.1. The zero-order chi connectivity index (χ0) is 20.3. The van der Waals surface area contributed by atoms with Gasteiger partial charge in [-0.2, -0.15) is 13.2 Å². The highest BCUT2D eigenvalue weighted by molar-refractivity contribution is 6.30. The number of nitrogens with zero attached hydrogens (tertiary/aromatic N) is 2. The molecule has 0 aromatic heterocycles. The highest BCUT2D eigenvalue weighted by Crippen LogP contribution is 2.37. The second-order valence-electron chi connectivity index (χ2n) is 6.83. The molecule has 1 aliphatic rings. The number of likely N-dealkylation sites (N-methyl/N-ethyl adjacent to an activating group) is 1. The van der Waals surface area contributed by atoms with E-state index >= 15 is 0 Å². The van der Waals surface area contributed by atoms with Gasteiger partial charge in [-0.1, -0.05) is 41.9 Å². The summed E-state index contributed by atoms with van der Waals surface area (Å²) >= 11 is 5.73. The van der Waals surface area contributed by atoms with Gasteiger partial charge in [-0.3, -0.25) is 9.69 Å². The fourth-order valence-electron chi connectivity index (χ4n) is 3.30. The molecule has 8 heteroatoms. The number of alkyl halides is 3. The maximum absolute atomic E-state index is 13.4. The SMILES string of the molecule is CN1CCN(C(C(=O)Nc2ccc(Cl)cc2C(F)(F)F)c2ccccc2)CC1. The van der Waals surface area contributed by atoms with E-state index in [2.05, 4.69) is 10.2 Å². The first-order valence-electron chi connectivity index (χ1n) is 8.91. The van der Waals surface area contributed by atoms with E-state index in [1.54, 1.807) is 0 Å². The number of halogens is 4. The first-order chi connectivity index (χ1) is 13.3. The normalized spacial score (nSPS) is 17.3. The van der Waals surface area contributed by atoms with Crippen molar-refractivity contribution in [1.29, 1.82) is 0 Å². The molecule has 150 valence electrons. The molecule has 2 aromatic carbocycles. The minimum atomic E-state index is -4.62. The predicted octanol–water partition coefficient (Wildman–Crippen LogP) is 4.29. The van der Waals surface area contributed by atoms with Crippen LogP contribution in [0.1, 0.15) is 17.2 Å². The Morgan fingerprint density at radius 2 is 1.71 bits per heavy atom. The van der Waals surface area contributed by atoms with Crippen LogP contribution in [-0.2, 0) is 11.0 Å². The molecular formula is C20H21ClF3N3O. The van der Waals surface area contributed by atoms with Gasteiger partial charge in [0.2, 0.25) is 5.91 Å². The molecule has 1 amide bonds. The second-order valence-corrected chi connectivity index (χ2v) is 7.27. The Labute approximate surface area is 166 Å². The first kappa shape index (κ1) is 20.6. The van der Waals surface area contributed by atoms with Crippen LogP contribution in [0.5, 0.6) is 0 Å². The molecule has 1 fully saturated rings. The largest absolute Gasteiger partial charge is 0.418 e. The molecule has 1 heterocycles. The summed E-state index contributed by atoms with van der Waals surface area (Å²) in [6, 6.07) is 11.8. The van der Waals surface area contributed by atoms with Crippen molar-refractivity contribution >= 4 is 23.2 Å². The third kappa shape index (κ3) is 4.84. The molecule has 0 bridgehead atoms. The summed E-state index contributed by atoms with van der Waals surface area (Å²) in [6.07, 6.45) is -4.62. The maximum Gasteiger partial charge on any atom is 0.418 e. The second kappa shape index (κ2) is 8.51. The molecule has 1 saturated heterocycles. The van der Waals surface area contributed by atoms with E-state index < -0.39 is 23.7 Å². The number of carbonyl (C=O) groups is 1. The van der Waals surface area contributed by atoms with Crippen LogP contribution in [0.2, 0.25) is 5.02 Å². The number of nitrogens with one attached hydrogen (secondary N) is 1. The smallest absolute Gasteiger partial charge is 0.324 e. The average molecular weight is 412 g/mol. The number of rotatable bonds is 4. The zero-order valence-electron chi connectivity index (χ0n) is 15.3. The van der Waals surface area contributed by atoms with E-state index in [9.17, 15) is 18.0 Å². The lowest BCUT2D eigenvalue weighted by Crippen LogP contribution is -2.48. The van der Waals surface area contributed by atoms with Gasteiger partial charge in [0.1, 0.15) is 6.04 Å². The summed E-state index contributed by atoms with van der Waals surface area (Å²) in [7, 11) is 2.00. The molecule has 0 radical (unpaired) electrons. The van der Waals surface area contributed by atoms with Gasteiger partial charge >= 0.3 is 6.18 Å². The van der Waals surface area contributed by atoms with Crippen LogP contribution in [0.4, 0.5) is 18.9 Å². The van der Waals surface area contributed by atoms with E-state index in [-0.39, 0.29) is 10.7 Å². The number of hydrogen-bond acceptors (Lipinski definition) is 3. The van der Waals surface area contributed by atoms with Crippen LogP contribution in [0.25, 0.3) is 0 Å². The van der Waals surface area contributed by atoms with Crippen LogP contribution in [-0.4, -0.2) is 48.9 Å². The molecule has 4 nitrogen and oxygen atoms in total. The molecule has 2 aromatic rings. The van der Waals surface area contributed by atoms with Gasteiger partial charge in [0.05, 0.1) is 11.3 Å². The van der Waals surface area contributed by atoms with Gasteiger partial charge in [-0.05, 0) is 30.8 Å². The minimum Gasteiger partial charge on any atom is -0.324 e. The summed E-state index contributed by atoms with van der Waals surface area (Å²) in [5.41, 5.74) is -0.512. The predicted molar refractivity (Wildman–Crippen MR) is 103 cm³/mol. The van der Waals surface area contributed by atoms with Crippen molar-refractivity contribution in [3.63, 3.8) is 0 Å². The van der Waals surface area contributed by atoms with Crippen molar-refractivity contribution in [1.82, 2.24) is 9.80 Å². The topological polar surface area (TPSA) is 35.6 Å². The molecule has 3 rings (SSSR count). The van der Waals surface area contributed by atoms with Crippen LogP contribution < -0.4 is 5.32 Å². The summed E-state index contributed by atoms with van der Waals surface area (Å²) in [6.45, 7) is 2.86. The Kier molecular flexibility index (Phi) is 6.27. The number of anilines is 1. The summed E-state index contributed by atoms with van der Waals surface area (Å²) in [4.78, 5) is 17.2. The molecule has 0 aliphatic carbocycles. The highest BCUT2D eigenvalue weighted by atomic mass is 35.5. The molecule has 1 aliphatic heterocycles. The van der Waals surface area contributed by atoms with Crippen LogP contribution >= 0.6 is 11.6 Å². The van der Waals surface area contributed by atoms with Gasteiger partial charge < -0.3 is 10.2 Å². The van der Waals surface area contributed by atoms with Gasteiger partial charge in [-0.25, -0.2) is 0 Å². The van der Waals surface area contributed by atoms with Crippen molar-refractivity contribution < 1.29 is 18.0 Å². The minimum absolute atomic E-state index is 0.0380. The number of piperazine rings is 1. The number of benzene rings is 2. The van der Waals surface area contributed by atoms with Crippen molar-refractivity contribution in [3.05, 3.63) is 64.7 Å². The molecule has 0 saturated carbocycles. The van der Waals surface area contributed by atoms with E-state index in [1.165, 1.54) is 12.1 Å². The number of hydrogen-bond donors (Lipinski definition) is 1. The monoisotopic (exact) mass is 411 g/mol. The standard InChI is InChI=1S/C20H21ClF3N3O/c1-26-9-11-27(12-10-26)18(14-5-3-2-4-6-14)19(28)25-17-8-7-15(21)13-16(17)20(22,23)24/h2-8,13,18H,9-12H2,1H3,(H,25,28). The molecule has 1 unspecified atom stereocenters. The van der Waals surface area contributed by atoms with Gasteiger partial charge in [-0.15, -0.1) is 0 Å². The van der Waals surface area contributed by atoms with E-state index in [4.69, 9.17) is 11.6 Å². The summed E-state index contributed by atoms with van der Waals surface area (Å²) in [5.74, 6) is -0.497. The fraction of sp³-hybridized carbons (Fsp3) is 0.350. The lowest BCUT2D eigenvalue weighted by atomic mass is 10.0. The first-order valence-corrected chi connectivity index (χ1v) is 9.28.